The number of primary amides is 1. The van der Waals surface area contributed by atoms with Gasteiger partial charge in [0.15, 0.2) is 11.0 Å². The minimum Gasteiger partial charge on any atom is -0.496 e. The van der Waals surface area contributed by atoms with Gasteiger partial charge in [0.25, 0.3) is 0 Å². The molecule has 0 saturated carbocycles. The van der Waals surface area contributed by atoms with Gasteiger partial charge in [0.05, 0.1) is 17.9 Å². The highest BCUT2D eigenvalue weighted by atomic mass is 32.2. The number of carbonyl (C=O) groups excluding carboxylic acids is 1. The number of allylic oxidation sites excluding steroid dienone is 1. The Balaban J connectivity index is 2.46. The molecule has 0 bridgehead atoms. The van der Waals surface area contributed by atoms with Gasteiger partial charge in [-0.3, -0.25) is 9.36 Å². The van der Waals surface area contributed by atoms with Crippen molar-refractivity contribution >= 4 is 17.7 Å². The second-order valence-electron chi connectivity index (χ2n) is 4.57. The molecule has 0 unspecified atom stereocenters. The molecule has 2 rings (SSSR count). The van der Waals surface area contributed by atoms with E-state index in [4.69, 9.17) is 10.5 Å². The monoisotopic (exact) mass is 318 g/mol. The number of nitrogens with zero attached hydrogens (tertiary/aromatic N) is 3. The van der Waals surface area contributed by atoms with Crippen molar-refractivity contribution in [3.63, 3.8) is 0 Å². The van der Waals surface area contributed by atoms with E-state index in [1.807, 2.05) is 28.8 Å². The molecule has 1 aromatic heterocycles. The Kier molecular flexibility index (Phi) is 5.21. The Morgan fingerprint density at radius 3 is 2.86 bits per heavy atom. The maximum absolute atomic E-state index is 11.3. The number of ether oxygens (including phenoxy) is 1. The normalized spacial score (nSPS) is 11.9. The summed E-state index contributed by atoms with van der Waals surface area (Å²) >= 11 is 1.27. The minimum atomic E-state index is -0.392. The van der Waals surface area contributed by atoms with Crippen LogP contribution in [0.2, 0.25) is 0 Å². The molecule has 6 nitrogen and oxygen atoms in total. The highest BCUT2D eigenvalue weighted by Crippen LogP contribution is 2.31. The summed E-state index contributed by atoms with van der Waals surface area (Å²) in [6.45, 7) is 6.02. The highest BCUT2D eigenvalue weighted by molar-refractivity contribution is 8.00. The van der Waals surface area contributed by atoms with Gasteiger partial charge in [0.1, 0.15) is 5.75 Å². The largest absolute Gasteiger partial charge is 0.496 e. The van der Waals surface area contributed by atoms with Crippen LogP contribution in [0.4, 0.5) is 0 Å². The Bertz CT molecular complexity index is 684. The van der Waals surface area contributed by atoms with Crippen molar-refractivity contribution < 1.29 is 9.53 Å². The van der Waals surface area contributed by atoms with E-state index in [1.165, 1.54) is 11.8 Å². The summed E-state index contributed by atoms with van der Waals surface area (Å²) in [7, 11) is 1.61. The van der Waals surface area contributed by atoms with E-state index < -0.39 is 11.2 Å². The first kappa shape index (κ1) is 16.1. The Morgan fingerprint density at radius 2 is 2.23 bits per heavy atom. The fourth-order valence-corrected chi connectivity index (χ4v) is 2.72. The molecule has 116 valence electrons. The molecule has 1 aromatic carbocycles. The van der Waals surface area contributed by atoms with Crippen LogP contribution in [-0.2, 0) is 11.3 Å². The first-order chi connectivity index (χ1) is 10.6. The summed E-state index contributed by atoms with van der Waals surface area (Å²) < 4.78 is 7.26. The van der Waals surface area contributed by atoms with Gasteiger partial charge in [0, 0.05) is 6.54 Å². The van der Waals surface area contributed by atoms with E-state index >= 15 is 0 Å². The number of amides is 1. The standard InChI is InChI=1S/C15H18N4O2S/c1-4-9-19-14(11-7-5-6-8-12(11)21-3)17-18-15(19)22-10(2)13(16)20/h4-8,10H,1,9H2,2-3H3,(H2,16,20)/t10-/m1/s1. The maximum Gasteiger partial charge on any atom is 0.230 e. The van der Waals surface area contributed by atoms with Crippen molar-refractivity contribution in [2.45, 2.75) is 23.9 Å². The number of aromatic nitrogens is 3. The van der Waals surface area contributed by atoms with Crippen LogP contribution in [0.5, 0.6) is 5.75 Å². The Labute approximate surface area is 133 Å². The number of hydrogen-bond acceptors (Lipinski definition) is 5. The second-order valence-corrected chi connectivity index (χ2v) is 5.88. The van der Waals surface area contributed by atoms with Crippen molar-refractivity contribution in [1.29, 1.82) is 0 Å². The number of para-hydroxylation sites is 1. The van der Waals surface area contributed by atoms with Gasteiger partial charge in [-0.15, -0.1) is 16.8 Å². The van der Waals surface area contributed by atoms with E-state index in [1.54, 1.807) is 20.1 Å². The van der Waals surface area contributed by atoms with E-state index in [9.17, 15) is 4.79 Å². The van der Waals surface area contributed by atoms with Crippen LogP contribution in [0.15, 0.2) is 42.1 Å². The lowest BCUT2D eigenvalue weighted by molar-refractivity contribution is -0.117. The van der Waals surface area contributed by atoms with Gasteiger partial charge in [-0.2, -0.15) is 0 Å². The van der Waals surface area contributed by atoms with Crippen molar-refractivity contribution in [3.05, 3.63) is 36.9 Å². The number of methoxy groups -OCH3 is 1. The molecule has 0 radical (unpaired) electrons. The third-order valence-corrected chi connectivity index (χ3v) is 4.16. The quantitative estimate of drug-likeness (QED) is 0.624. The topological polar surface area (TPSA) is 83.0 Å². The molecular weight excluding hydrogens is 300 g/mol. The predicted molar refractivity (Wildman–Crippen MR) is 86.7 cm³/mol. The number of hydrogen-bond donors (Lipinski definition) is 1. The van der Waals surface area contributed by atoms with Gasteiger partial charge >= 0.3 is 0 Å². The van der Waals surface area contributed by atoms with Crippen LogP contribution < -0.4 is 10.5 Å². The summed E-state index contributed by atoms with van der Waals surface area (Å²) in [5.41, 5.74) is 6.15. The molecule has 0 aliphatic heterocycles. The summed E-state index contributed by atoms with van der Waals surface area (Å²) in [6.07, 6.45) is 1.75. The molecule has 1 amide bonds. The van der Waals surface area contributed by atoms with E-state index in [2.05, 4.69) is 16.8 Å². The predicted octanol–water partition coefficient (Wildman–Crippen LogP) is 2.11. The molecule has 0 fully saturated rings. The fourth-order valence-electron chi connectivity index (χ4n) is 1.91. The van der Waals surface area contributed by atoms with Crippen LogP contribution in [0.25, 0.3) is 11.4 Å². The van der Waals surface area contributed by atoms with Gasteiger partial charge in [0.2, 0.25) is 5.91 Å². The second kappa shape index (κ2) is 7.13. The first-order valence-corrected chi connectivity index (χ1v) is 7.60. The molecule has 1 atom stereocenters. The SMILES string of the molecule is C=CCn1c(S[C@H](C)C(N)=O)nnc1-c1ccccc1OC. The van der Waals surface area contributed by atoms with Crippen molar-refractivity contribution in [1.82, 2.24) is 14.8 Å². The molecule has 2 aromatic rings. The van der Waals surface area contributed by atoms with E-state index in [-0.39, 0.29) is 0 Å². The fraction of sp³-hybridized carbons (Fsp3) is 0.267. The zero-order valence-electron chi connectivity index (χ0n) is 12.5. The highest BCUT2D eigenvalue weighted by Gasteiger charge is 2.20. The number of benzene rings is 1. The van der Waals surface area contributed by atoms with Crippen LogP contribution in [0, 0.1) is 0 Å². The number of thioether (sulfide) groups is 1. The summed E-state index contributed by atoms with van der Waals surface area (Å²) in [4.78, 5) is 11.3. The molecule has 22 heavy (non-hydrogen) atoms. The molecule has 0 spiro atoms. The number of rotatable bonds is 7. The minimum absolute atomic E-state index is 0.390. The summed E-state index contributed by atoms with van der Waals surface area (Å²) in [6, 6.07) is 7.57. The lowest BCUT2D eigenvalue weighted by Crippen LogP contribution is -2.23. The van der Waals surface area contributed by atoms with E-state index in [0.29, 0.717) is 23.3 Å². The van der Waals surface area contributed by atoms with Crippen molar-refractivity contribution in [2.75, 3.05) is 7.11 Å². The summed E-state index contributed by atoms with van der Waals surface area (Å²) in [5.74, 6) is 0.980. The van der Waals surface area contributed by atoms with Gasteiger partial charge in [-0.25, -0.2) is 0 Å². The summed E-state index contributed by atoms with van der Waals surface area (Å²) in [5, 5.41) is 8.64. The lowest BCUT2D eigenvalue weighted by Gasteiger charge is -2.11. The maximum atomic E-state index is 11.3. The van der Waals surface area contributed by atoms with Crippen LogP contribution in [0.1, 0.15) is 6.92 Å². The zero-order chi connectivity index (χ0) is 16.1. The molecule has 0 aliphatic carbocycles. The van der Waals surface area contributed by atoms with Gasteiger partial charge in [-0.05, 0) is 19.1 Å². The lowest BCUT2D eigenvalue weighted by atomic mass is 10.2. The number of nitrogens with two attached hydrogens (primary N) is 1. The van der Waals surface area contributed by atoms with Crippen LogP contribution >= 0.6 is 11.8 Å². The average Bonchev–Trinajstić information content (AvgIpc) is 2.90. The van der Waals surface area contributed by atoms with Gasteiger partial charge < -0.3 is 10.5 Å². The Hall–Kier alpha value is -2.28. The smallest absolute Gasteiger partial charge is 0.230 e. The van der Waals surface area contributed by atoms with Gasteiger partial charge in [-0.1, -0.05) is 30.0 Å². The third kappa shape index (κ3) is 3.30. The van der Waals surface area contributed by atoms with Crippen molar-refractivity contribution in [3.8, 4) is 17.1 Å². The Morgan fingerprint density at radius 1 is 1.50 bits per heavy atom. The zero-order valence-corrected chi connectivity index (χ0v) is 13.3. The molecular formula is C15H18N4O2S. The number of carbonyl (C=O) groups is 1. The molecule has 7 heteroatoms. The first-order valence-electron chi connectivity index (χ1n) is 6.72. The molecule has 0 saturated heterocycles. The van der Waals surface area contributed by atoms with E-state index in [0.717, 1.165) is 5.56 Å². The molecule has 2 N–H and O–H groups in total. The molecule has 1 heterocycles. The third-order valence-electron chi connectivity index (χ3n) is 3.06. The van der Waals surface area contributed by atoms with Crippen LogP contribution in [0.3, 0.4) is 0 Å². The molecule has 0 aliphatic rings. The van der Waals surface area contributed by atoms with Crippen molar-refractivity contribution in [2.24, 2.45) is 5.73 Å². The van der Waals surface area contributed by atoms with Crippen LogP contribution in [-0.4, -0.2) is 33.0 Å². The average molecular weight is 318 g/mol.